The van der Waals surface area contributed by atoms with Gasteiger partial charge < -0.3 is 4.74 Å². The van der Waals surface area contributed by atoms with E-state index in [1.807, 2.05) is 12.3 Å². The average molecular weight is 1040 g/mol. The van der Waals surface area contributed by atoms with Crippen LogP contribution in [0.5, 0.6) is 11.5 Å². The molecule has 1 aliphatic rings. The van der Waals surface area contributed by atoms with Gasteiger partial charge in [-0.05, 0) is 47.4 Å². The van der Waals surface area contributed by atoms with Crippen LogP contribution in [-0.2, 0) is 5.41 Å². The average Bonchev–Trinajstić information content (AvgIpc) is 4.15. The topological polar surface area (TPSA) is 35.9 Å². The van der Waals surface area contributed by atoms with E-state index in [1.54, 1.807) is 0 Å². The minimum atomic E-state index is -0.0275. The second kappa shape index (κ2) is 17.3. The molecule has 0 spiro atoms. The third-order valence-electron chi connectivity index (χ3n) is 15.3. The number of hydrogen-bond donors (Lipinski definition) is 0. The van der Waals surface area contributed by atoms with Gasteiger partial charge in [-0.2, -0.15) is 0 Å². The molecule has 0 fully saturated rings. The van der Waals surface area contributed by atoms with Crippen LogP contribution in [0.1, 0.15) is 26.3 Å². The first-order valence-electron chi connectivity index (χ1n) is 25.9. The van der Waals surface area contributed by atoms with Gasteiger partial charge >= 0.3 is 303 Å². The van der Waals surface area contributed by atoms with Gasteiger partial charge in [-0.15, -0.1) is 0 Å². The van der Waals surface area contributed by atoms with Crippen LogP contribution >= 0.6 is 0 Å². The molecule has 0 saturated heterocycles. The van der Waals surface area contributed by atoms with Crippen molar-refractivity contribution in [3.63, 3.8) is 0 Å². The van der Waals surface area contributed by atoms with E-state index in [9.17, 15) is 0 Å². The summed E-state index contributed by atoms with van der Waals surface area (Å²) in [5, 5.41) is 4.97. The predicted octanol–water partition coefficient (Wildman–Crippen LogP) is 17.3. The SMILES string of the molecule is CC(C)(C)c1ccnc(-n2c3ccccc3c3ccc(Oc4cccc(-n5[c-][n+]6c7c(cccc75)-c5ccccc5-c5ccccc5-c5cccc(-c7ccc8[se]c9ccc(-c%10ccccc%10)cc9c8c7)c5-6)c4)cc32)c1. The van der Waals surface area contributed by atoms with Crippen LogP contribution in [0.25, 0.3) is 125 Å². The van der Waals surface area contributed by atoms with E-state index in [0.717, 1.165) is 72.8 Å². The molecule has 0 aliphatic carbocycles. The number of para-hydroxylation sites is 3. The van der Waals surface area contributed by atoms with Crippen molar-refractivity contribution in [1.29, 1.82) is 0 Å². The molecule has 76 heavy (non-hydrogen) atoms. The molecule has 0 amide bonds. The molecule has 0 atom stereocenters. The van der Waals surface area contributed by atoms with Crippen molar-refractivity contribution in [3.05, 3.63) is 249 Å². The summed E-state index contributed by atoms with van der Waals surface area (Å²) in [5.41, 5.74) is 19.3. The molecule has 14 aromatic rings. The van der Waals surface area contributed by atoms with Gasteiger partial charge in [-0.3, -0.25) is 4.57 Å². The summed E-state index contributed by atoms with van der Waals surface area (Å²) < 4.78 is 16.6. The largest absolute Gasteiger partial charge is 0.0592 e. The van der Waals surface area contributed by atoms with Crippen LogP contribution in [0.4, 0.5) is 0 Å². The van der Waals surface area contributed by atoms with Gasteiger partial charge in [0.05, 0.1) is 11.0 Å². The van der Waals surface area contributed by atoms with Gasteiger partial charge in [-0.1, -0.05) is 39.0 Å². The quantitative estimate of drug-likeness (QED) is 0.0945. The van der Waals surface area contributed by atoms with Crippen molar-refractivity contribution < 1.29 is 9.30 Å². The van der Waals surface area contributed by atoms with Crippen molar-refractivity contribution in [2.24, 2.45) is 0 Å². The first-order chi connectivity index (χ1) is 37.3. The maximum atomic E-state index is 6.90. The summed E-state index contributed by atoms with van der Waals surface area (Å²) in [6.07, 6.45) is 5.93. The zero-order valence-electron chi connectivity index (χ0n) is 42.1. The van der Waals surface area contributed by atoms with Crippen LogP contribution in [0.3, 0.4) is 0 Å². The molecule has 5 nitrogen and oxygen atoms in total. The Morgan fingerprint density at radius 2 is 1.05 bits per heavy atom. The van der Waals surface area contributed by atoms with Crippen LogP contribution in [0.15, 0.2) is 237 Å². The Kier molecular flexibility index (Phi) is 10.1. The zero-order chi connectivity index (χ0) is 50.6. The van der Waals surface area contributed by atoms with Crippen molar-refractivity contribution in [2.45, 2.75) is 26.2 Å². The molecule has 4 aromatic heterocycles. The van der Waals surface area contributed by atoms with Gasteiger partial charge in [0.1, 0.15) is 11.6 Å². The Morgan fingerprint density at radius 1 is 0.447 bits per heavy atom. The first-order valence-corrected chi connectivity index (χ1v) is 27.6. The molecular weight excluding hydrogens is 992 g/mol. The monoisotopic (exact) mass is 1040 g/mol. The standard InChI is InChI=1S/C70H48N4OSe/c1-70(2,3)47-36-37-71-67(40-47)74-62-28-12-11-24-56(62)57-33-32-50(42-64(57)74)75-49-19-13-18-48(41-49)72-43-73-68-51(46-31-35-66-61(39-46)60-38-45(30-34-65(60)76-66)44-16-5-4-6-17-44)25-14-26-58(68)54-22-9-7-20-52(54)53-21-8-10-23-55(53)59-27-15-29-63(72)69(59)73/h4-42H,1-3H3. The van der Waals surface area contributed by atoms with Gasteiger partial charge in [0.25, 0.3) is 0 Å². The Hall–Kier alpha value is -9.06. The normalized spacial score (nSPS) is 12.1. The summed E-state index contributed by atoms with van der Waals surface area (Å²) in [5.74, 6) is 2.35. The number of ether oxygens (including phenoxy) is 1. The molecule has 0 bridgehead atoms. The van der Waals surface area contributed by atoms with E-state index in [-0.39, 0.29) is 19.9 Å². The molecule has 0 N–H and O–H groups in total. The molecular formula is C70H48N4OSe. The number of aromatic nitrogens is 4. The first kappa shape index (κ1) is 44.4. The maximum Gasteiger partial charge on any atom is 0.0592 e. The van der Waals surface area contributed by atoms with E-state index in [4.69, 9.17) is 9.72 Å². The van der Waals surface area contributed by atoms with Crippen molar-refractivity contribution in [3.8, 4) is 84.3 Å². The molecule has 10 aromatic carbocycles. The van der Waals surface area contributed by atoms with E-state index >= 15 is 0 Å². The second-order valence-electron chi connectivity index (χ2n) is 20.9. The van der Waals surface area contributed by atoms with E-state index in [1.165, 1.54) is 69.2 Å². The third-order valence-corrected chi connectivity index (χ3v) is 17.8. The Bertz CT molecular complexity index is 4670. The Balaban J connectivity index is 0.910. The maximum absolute atomic E-state index is 6.90. The minimum absolute atomic E-state index is 0.0275. The second-order valence-corrected chi connectivity index (χ2v) is 23.2. The summed E-state index contributed by atoms with van der Waals surface area (Å²) in [6, 6.07) is 83.9. The predicted molar refractivity (Wildman–Crippen MR) is 314 cm³/mol. The fraction of sp³-hybridized carbons (Fsp3) is 0.0571. The molecule has 360 valence electrons. The number of fused-ring (bicyclic) bond motifs is 13. The number of rotatable bonds is 6. The number of nitrogens with zero attached hydrogens (tertiary/aromatic N) is 4. The zero-order valence-corrected chi connectivity index (χ0v) is 43.8. The number of hydrogen-bond acceptors (Lipinski definition) is 2. The van der Waals surface area contributed by atoms with Crippen molar-refractivity contribution in [1.82, 2.24) is 14.1 Å². The number of benzene rings is 10. The summed E-state index contributed by atoms with van der Waals surface area (Å²) >= 11 is 0.221. The summed E-state index contributed by atoms with van der Waals surface area (Å²) in [7, 11) is 0. The number of imidazole rings is 1. The van der Waals surface area contributed by atoms with Crippen LogP contribution in [0.2, 0.25) is 0 Å². The molecule has 1 aliphatic heterocycles. The van der Waals surface area contributed by atoms with Gasteiger partial charge in [0, 0.05) is 23.0 Å². The van der Waals surface area contributed by atoms with Gasteiger partial charge in [-0.25, -0.2) is 4.98 Å². The Morgan fingerprint density at radius 3 is 1.84 bits per heavy atom. The van der Waals surface area contributed by atoms with Crippen molar-refractivity contribution >= 4 is 66.6 Å². The summed E-state index contributed by atoms with van der Waals surface area (Å²) in [4.78, 5) is 4.92. The molecule has 0 radical (unpaired) electrons. The van der Waals surface area contributed by atoms with Crippen LogP contribution in [-0.4, -0.2) is 28.6 Å². The van der Waals surface area contributed by atoms with E-state index in [2.05, 4.69) is 265 Å². The summed E-state index contributed by atoms with van der Waals surface area (Å²) in [6.45, 7) is 6.73. The fourth-order valence-corrected chi connectivity index (χ4v) is 14.0. The number of pyridine rings is 1. The molecule has 0 unspecified atom stereocenters. The molecule has 15 rings (SSSR count). The van der Waals surface area contributed by atoms with E-state index < -0.39 is 0 Å². The molecule has 5 heterocycles. The molecule has 6 heteroatoms. The van der Waals surface area contributed by atoms with Crippen LogP contribution in [0, 0.1) is 6.33 Å². The Labute approximate surface area is 446 Å². The van der Waals surface area contributed by atoms with Crippen LogP contribution < -0.4 is 9.30 Å². The smallest absolute Gasteiger partial charge is 0.0149 e. The third kappa shape index (κ3) is 7.13. The van der Waals surface area contributed by atoms with Gasteiger partial charge in [0.2, 0.25) is 0 Å². The molecule has 0 saturated carbocycles. The fourth-order valence-electron chi connectivity index (χ4n) is 11.7. The van der Waals surface area contributed by atoms with E-state index in [0.29, 0.717) is 0 Å². The minimum Gasteiger partial charge on any atom is -0.0149 e. The van der Waals surface area contributed by atoms with Gasteiger partial charge in [0.15, 0.2) is 0 Å². The van der Waals surface area contributed by atoms with Crippen molar-refractivity contribution in [2.75, 3.05) is 0 Å².